The van der Waals surface area contributed by atoms with Gasteiger partial charge in [0, 0.05) is 18.2 Å². The molecule has 1 aliphatic rings. The summed E-state index contributed by atoms with van der Waals surface area (Å²) in [4.78, 5) is 11.8. The summed E-state index contributed by atoms with van der Waals surface area (Å²) >= 11 is 0. The van der Waals surface area contributed by atoms with Crippen molar-refractivity contribution in [1.29, 1.82) is 0 Å². The van der Waals surface area contributed by atoms with Crippen LogP contribution in [-0.2, 0) is 4.79 Å². The molecule has 0 heterocycles. The predicted octanol–water partition coefficient (Wildman–Crippen LogP) is 3.35. The highest BCUT2D eigenvalue weighted by atomic mass is 19.2. The SMILES string of the molecule is O=C(CNc1cc(F)cc(F)c1F)NC1CCCCCC1. The summed E-state index contributed by atoms with van der Waals surface area (Å²) in [5.41, 5.74) is -0.344. The average Bonchev–Trinajstić information content (AvgIpc) is 2.70. The van der Waals surface area contributed by atoms with Crippen molar-refractivity contribution in [3.05, 3.63) is 29.6 Å². The van der Waals surface area contributed by atoms with E-state index in [1.54, 1.807) is 0 Å². The zero-order valence-corrected chi connectivity index (χ0v) is 11.7. The first-order chi connectivity index (χ1) is 10.1. The number of benzene rings is 1. The summed E-state index contributed by atoms with van der Waals surface area (Å²) in [6.45, 7) is -0.212. The maximum atomic E-state index is 13.4. The van der Waals surface area contributed by atoms with E-state index in [1.165, 1.54) is 12.8 Å². The molecule has 3 nitrogen and oxygen atoms in total. The topological polar surface area (TPSA) is 41.1 Å². The summed E-state index contributed by atoms with van der Waals surface area (Å²) < 4.78 is 39.4. The third-order valence-corrected chi connectivity index (χ3v) is 3.65. The van der Waals surface area contributed by atoms with Gasteiger partial charge in [0.25, 0.3) is 0 Å². The van der Waals surface area contributed by atoms with Crippen molar-refractivity contribution >= 4 is 11.6 Å². The Morgan fingerprint density at radius 1 is 1.10 bits per heavy atom. The second-order valence-corrected chi connectivity index (χ2v) is 5.36. The molecule has 2 N–H and O–H groups in total. The lowest BCUT2D eigenvalue weighted by Gasteiger charge is -2.16. The number of hydrogen-bond acceptors (Lipinski definition) is 2. The average molecular weight is 300 g/mol. The maximum absolute atomic E-state index is 13.4. The van der Waals surface area contributed by atoms with E-state index in [1.807, 2.05) is 0 Å². The Morgan fingerprint density at radius 3 is 2.43 bits per heavy atom. The van der Waals surface area contributed by atoms with E-state index in [-0.39, 0.29) is 24.2 Å². The van der Waals surface area contributed by atoms with Crippen molar-refractivity contribution in [2.45, 2.75) is 44.6 Å². The minimum absolute atomic E-state index is 0.135. The van der Waals surface area contributed by atoms with Gasteiger partial charge in [0.1, 0.15) is 5.82 Å². The molecular formula is C15H19F3N2O. The van der Waals surface area contributed by atoms with Gasteiger partial charge in [-0.3, -0.25) is 4.79 Å². The Labute approximate surface area is 121 Å². The zero-order valence-electron chi connectivity index (χ0n) is 11.7. The molecule has 0 saturated heterocycles. The number of hydrogen-bond donors (Lipinski definition) is 2. The standard InChI is InChI=1S/C15H19F3N2O/c16-10-7-12(17)15(18)13(8-10)19-9-14(21)20-11-5-3-1-2-4-6-11/h7-8,11,19H,1-6,9H2,(H,20,21). The molecule has 0 aliphatic heterocycles. The zero-order chi connectivity index (χ0) is 15.2. The minimum Gasteiger partial charge on any atom is -0.374 e. The van der Waals surface area contributed by atoms with Crippen LogP contribution in [0.25, 0.3) is 0 Å². The second-order valence-electron chi connectivity index (χ2n) is 5.36. The van der Waals surface area contributed by atoms with Gasteiger partial charge < -0.3 is 10.6 Å². The molecule has 0 unspecified atom stereocenters. The molecule has 1 saturated carbocycles. The van der Waals surface area contributed by atoms with Crippen LogP contribution in [0, 0.1) is 17.5 Å². The van der Waals surface area contributed by atoms with E-state index in [0.29, 0.717) is 6.07 Å². The van der Waals surface area contributed by atoms with Crippen LogP contribution < -0.4 is 10.6 Å². The fourth-order valence-electron chi connectivity index (χ4n) is 2.56. The Hall–Kier alpha value is -1.72. The molecule has 1 fully saturated rings. The molecule has 0 bridgehead atoms. The highest BCUT2D eigenvalue weighted by Crippen LogP contribution is 2.19. The van der Waals surface area contributed by atoms with Crippen LogP contribution in [0.15, 0.2) is 12.1 Å². The summed E-state index contributed by atoms with van der Waals surface area (Å²) in [6, 6.07) is 1.43. The summed E-state index contributed by atoms with van der Waals surface area (Å²) in [6.07, 6.45) is 6.41. The molecule has 1 aliphatic carbocycles. The predicted molar refractivity (Wildman–Crippen MR) is 74.4 cm³/mol. The molecule has 0 spiro atoms. The number of rotatable bonds is 4. The van der Waals surface area contributed by atoms with Crippen molar-refractivity contribution in [1.82, 2.24) is 5.32 Å². The number of halogens is 3. The normalized spacial score (nSPS) is 16.3. The first-order valence-electron chi connectivity index (χ1n) is 7.24. The van der Waals surface area contributed by atoms with Gasteiger partial charge in [-0.1, -0.05) is 25.7 Å². The van der Waals surface area contributed by atoms with Gasteiger partial charge in [-0.05, 0) is 12.8 Å². The minimum atomic E-state index is -1.28. The van der Waals surface area contributed by atoms with Crippen molar-refractivity contribution in [2.75, 3.05) is 11.9 Å². The lowest BCUT2D eigenvalue weighted by Crippen LogP contribution is -2.38. The number of anilines is 1. The smallest absolute Gasteiger partial charge is 0.239 e. The lowest BCUT2D eigenvalue weighted by atomic mass is 10.1. The van der Waals surface area contributed by atoms with Gasteiger partial charge in [-0.15, -0.1) is 0 Å². The third kappa shape index (κ3) is 4.65. The van der Waals surface area contributed by atoms with E-state index >= 15 is 0 Å². The Kier molecular flexibility index (Phi) is 5.47. The molecule has 6 heteroatoms. The number of amides is 1. The highest BCUT2D eigenvalue weighted by molar-refractivity contribution is 5.81. The molecule has 1 amide bonds. The summed E-state index contributed by atoms with van der Waals surface area (Å²) in [5, 5.41) is 5.30. The number of nitrogens with one attached hydrogen (secondary N) is 2. The van der Waals surface area contributed by atoms with Crippen LogP contribution in [0.2, 0.25) is 0 Å². The van der Waals surface area contributed by atoms with Crippen LogP contribution in [0.3, 0.4) is 0 Å². The van der Waals surface area contributed by atoms with E-state index in [2.05, 4.69) is 10.6 Å². The van der Waals surface area contributed by atoms with Crippen molar-refractivity contribution in [3.8, 4) is 0 Å². The van der Waals surface area contributed by atoms with Gasteiger partial charge in [-0.2, -0.15) is 0 Å². The van der Waals surface area contributed by atoms with Crippen LogP contribution in [0.5, 0.6) is 0 Å². The second kappa shape index (κ2) is 7.33. The molecule has 2 rings (SSSR count). The largest absolute Gasteiger partial charge is 0.374 e. The molecular weight excluding hydrogens is 281 g/mol. The molecule has 0 radical (unpaired) electrons. The van der Waals surface area contributed by atoms with Gasteiger partial charge in [0.2, 0.25) is 5.91 Å². The first kappa shape index (κ1) is 15.7. The van der Waals surface area contributed by atoms with Gasteiger partial charge in [0.05, 0.1) is 12.2 Å². The Balaban J connectivity index is 1.86. The summed E-state index contributed by atoms with van der Waals surface area (Å²) in [7, 11) is 0. The van der Waals surface area contributed by atoms with Gasteiger partial charge >= 0.3 is 0 Å². The monoisotopic (exact) mass is 300 g/mol. The molecule has 116 valence electrons. The fourth-order valence-corrected chi connectivity index (χ4v) is 2.56. The van der Waals surface area contributed by atoms with Crippen molar-refractivity contribution < 1.29 is 18.0 Å². The van der Waals surface area contributed by atoms with Crippen LogP contribution in [-0.4, -0.2) is 18.5 Å². The molecule has 1 aromatic carbocycles. The molecule has 1 aromatic rings. The quantitative estimate of drug-likeness (QED) is 0.661. The number of carbonyl (C=O) groups excluding carboxylic acids is 1. The van der Waals surface area contributed by atoms with Crippen molar-refractivity contribution in [3.63, 3.8) is 0 Å². The van der Waals surface area contributed by atoms with Crippen molar-refractivity contribution in [2.24, 2.45) is 0 Å². The van der Waals surface area contributed by atoms with E-state index in [9.17, 15) is 18.0 Å². The van der Waals surface area contributed by atoms with Crippen LogP contribution >= 0.6 is 0 Å². The Morgan fingerprint density at radius 2 is 1.76 bits per heavy atom. The van der Waals surface area contributed by atoms with Crippen LogP contribution in [0.1, 0.15) is 38.5 Å². The molecule has 0 atom stereocenters. The van der Waals surface area contributed by atoms with E-state index in [0.717, 1.165) is 31.7 Å². The van der Waals surface area contributed by atoms with Gasteiger partial charge in [-0.25, -0.2) is 13.2 Å². The van der Waals surface area contributed by atoms with Gasteiger partial charge in [0.15, 0.2) is 11.6 Å². The van der Waals surface area contributed by atoms with Crippen LogP contribution in [0.4, 0.5) is 18.9 Å². The number of carbonyl (C=O) groups is 1. The van der Waals surface area contributed by atoms with E-state index in [4.69, 9.17) is 0 Å². The lowest BCUT2D eigenvalue weighted by molar-refractivity contribution is -0.120. The summed E-state index contributed by atoms with van der Waals surface area (Å²) in [5.74, 6) is -3.65. The molecule has 0 aromatic heterocycles. The maximum Gasteiger partial charge on any atom is 0.239 e. The third-order valence-electron chi connectivity index (χ3n) is 3.65. The fraction of sp³-hybridized carbons (Fsp3) is 0.533. The Bertz CT molecular complexity index is 500. The molecule has 21 heavy (non-hydrogen) atoms. The van der Waals surface area contributed by atoms with E-state index < -0.39 is 17.5 Å². The first-order valence-corrected chi connectivity index (χ1v) is 7.24. The highest BCUT2D eigenvalue weighted by Gasteiger charge is 2.16.